The fraction of sp³-hybridized carbons (Fsp3) is 0.872. The molecule has 0 N–H and O–H groups in total. The van der Waals surface area contributed by atoms with Gasteiger partial charge in [-0.15, -0.1) is 0 Å². The summed E-state index contributed by atoms with van der Waals surface area (Å²) in [6.45, 7) is 26.7. The van der Waals surface area contributed by atoms with Crippen molar-refractivity contribution in [1.29, 1.82) is 0 Å². The molecule has 0 radical (unpaired) electrons. The summed E-state index contributed by atoms with van der Waals surface area (Å²) in [5, 5.41) is 0. The molecule has 7 aliphatic rings. The normalized spacial score (nSPS) is 48.0. The van der Waals surface area contributed by atoms with Crippen LogP contribution in [0.1, 0.15) is 147 Å². The van der Waals surface area contributed by atoms with Crippen molar-refractivity contribution < 1.29 is 57.1 Å². The van der Waals surface area contributed by atoms with E-state index in [-0.39, 0.29) is 35.9 Å². The van der Waals surface area contributed by atoms with E-state index in [1.54, 1.807) is 6.92 Å². The van der Waals surface area contributed by atoms with Gasteiger partial charge in [-0.1, -0.05) is 0 Å². The molecule has 4 unspecified atom stereocenters. The summed E-state index contributed by atoms with van der Waals surface area (Å²) >= 11 is -1.36. The Hall–Kier alpha value is -1.81. The summed E-state index contributed by atoms with van der Waals surface area (Å²) < 4.78 is 51.2. The molecule has 340 valence electrons. The molecule has 0 aromatic carbocycles. The van der Waals surface area contributed by atoms with Crippen LogP contribution in [0.3, 0.4) is 0 Å². The Balaban J connectivity index is 1.13. The number of fused-ring (bicyclic) bond motifs is 7. The molecule has 60 heavy (non-hydrogen) atoms. The Bertz CT molecular complexity index is 1670. The van der Waals surface area contributed by atoms with Crippen LogP contribution in [0.25, 0.3) is 0 Å². The summed E-state index contributed by atoms with van der Waals surface area (Å²) in [7, 11) is 0. The van der Waals surface area contributed by atoms with Crippen molar-refractivity contribution >= 4 is 43.7 Å². The van der Waals surface area contributed by atoms with E-state index in [0.717, 1.165) is 27.1 Å². The van der Waals surface area contributed by atoms with Gasteiger partial charge in [-0.25, -0.2) is 0 Å². The predicted octanol–water partition coefficient (Wildman–Crippen LogP) is 8.41. The van der Waals surface area contributed by atoms with Crippen molar-refractivity contribution in [2.24, 2.45) is 34.0 Å². The number of rotatable bonds is 9. The van der Waals surface area contributed by atoms with Gasteiger partial charge >= 0.3 is 252 Å². The number of halogens is 1. The average Bonchev–Trinajstić information content (AvgIpc) is 3.51. The van der Waals surface area contributed by atoms with Gasteiger partial charge in [0.2, 0.25) is 0 Å². The van der Waals surface area contributed by atoms with E-state index in [1.807, 2.05) is 0 Å². The van der Waals surface area contributed by atoms with Crippen molar-refractivity contribution in [2.75, 3.05) is 6.61 Å². The second-order valence-electron chi connectivity index (χ2n) is 20.5. The van der Waals surface area contributed by atoms with E-state index < -0.39 is 92.9 Å². The fourth-order valence-corrected chi connectivity index (χ4v) is 26.0. The predicted molar refractivity (Wildman–Crippen MR) is 232 cm³/mol. The summed E-state index contributed by atoms with van der Waals surface area (Å²) in [6.07, 6.45) is 4.66. The number of allylic oxidation sites excluding steroid dienone is 1. The number of carbonyl (C=O) groups is 4. The van der Waals surface area contributed by atoms with Gasteiger partial charge in [0.05, 0.1) is 6.10 Å². The minimum atomic E-state index is -1.36. The van der Waals surface area contributed by atoms with Gasteiger partial charge in [0.1, 0.15) is 6.10 Å². The van der Waals surface area contributed by atoms with Crippen molar-refractivity contribution in [3.05, 3.63) is 12.2 Å². The van der Waals surface area contributed by atoms with Gasteiger partial charge in [0.25, 0.3) is 0 Å². The van der Waals surface area contributed by atoms with Gasteiger partial charge in [-0.2, -0.15) is 0 Å². The summed E-state index contributed by atoms with van der Waals surface area (Å²) in [6, 6.07) is 0. The molecule has 0 bridgehead atoms. The summed E-state index contributed by atoms with van der Waals surface area (Å²) in [5.74, 6) is -0.931. The van der Waals surface area contributed by atoms with Crippen LogP contribution in [0.4, 0.5) is 0 Å². The zero-order valence-electron chi connectivity index (χ0n) is 38.1. The van der Waals surface area contributed by atoms with Crippen LogP contribution in [0, 0.1) is 34.0 Å². The Morgan fingerprint density at radius 3 is 1.93 bits per heavy atom. The maximum absolute atomic E-state index is 12.6. The Labute approximate surface area is 365 Å². The molecule has 4 saturated heterocycles. The van der Waals surface area contributed by atoms with E-state index >= 15 is 0 Å². The van der Waals surface area contributed by atoms with Crippen LogP contribution in [-0.4, -0.2) is 97.1 Å². The van der Waals surface area contributed by atoms with Crippen LogP contribution in [0.15, 0.2) is 12.2 Å². The van der Waals surface area contributed by atoms with Gasteiger partial charge in [-0.05, 0) is 6.92 Å². The van der Waals surface area contributed by atoms with Crippen LogP contribution < -0.4 is 0 Å². The first kappa shape index (κ1) is 46.2. The van der Waals surface area contributed by atoms with Gasteiger partial charge < -0.3 is 23.7 Å². The molecule has 18 atom stereocenters. The number of ether oxygens (including phenoxy) is 8. The molecular weight excluding hydrogens is 883 g/mol. The van der Waals surface area contributed by atoms with Gasteiger partial charge in [-0.3, -0.25) is 19.2 Å². The Morgan fingerprint density at radius 2 is 1.28 bits per heavy atom. The first-order chi connectivity index (χ1) is 28.1. The Morgan fingerprint density at radius 1 is 0.633 bits per heavy atom. The van der Waals surface area contributed by atoms with E-state index in [0.29, 0.717) is 20.7 Å². The third-order valence-corrected chi connectivity index (χ3v) is 27.9. The van der Waals surface area contributed by atoms with Crippen LogP contribution in [0.5, 0.6) is 0 Å². The second kappa shape index (κ2) is 17.3. The molecule has 12 nitrogen and oxygen atoms in total. The molecule has 4 aliphatic heterocycles. The molecular formula is C47H73IO12. The molecule has 3 saturated carbocycles. The Kier molecular flexibility index (Phi) is 13.3. The fourth-order valence-electron chi connectivity index (χ4n) is 13.8. The number of carbonyl (C=O) groups excluding carboxylic acids is 4. The first-order valence-corrected chi connectivity index (χ1v) is 26.3. The topological polar surface area (TPSA) is 142 Å². The molecule has 4 heterocycles. The quantitative estimate of drug-likeness (QED) is 0.0547. The van der Waals surface area contributed by atoms with E-state index in [9.17, 15) is 19.2 Å². The molecule has 0 amide bonds. The van der Waals surface area contributed by atoms with Crippen molar-refractivity contribution in [3.63, 3.8) is 0 Å². The number of esters is 4. The molecule has 7 fully saturated rings. The van der Waals surface area contributed by atoms with Crippen molar-refractivity contribution in [3.8, 4) is 0 Å². The summed E-state index contributed by atoms with van der Waals surface area (Å²) in [5.41, 5.74) is 2.26. The zero-order chi connectivity index (χ0) is 43.7. The molecule has 3 aliphatic carbocycles. The third kappa shape index (κ3) is 8.23. The molecule has 13 heteroatoms. The minimum absolute atomic E-state index is 0.0791. The summed E-state index contributed by atoms with van der Waals surface area (Å²) in [4.78, 5) is 49.2. The monoisotopic (exact) mass is 956 g/mol. The zero-order valence-corrected chi connectivity index (χ0v) is 40.2. The van der Waals surface area contributed by atoms with E-state index in [4.69, 9.17) is 37.9 Å². The standard InChI is InChI=1S/C47H73IO12/c1-25(2)33-16-18-44(9)21-22-47(12)39(48(33)44)14-13-38-45(10)19-17-34(26(3)32(45)15-20-46(38,47)11)59-43-41(40(58-31(8)52)37(24-53-43)57-30(7)51)60-42-36(56-29(6)50)23-35(27(4)54-42)55-28(5)49/h26-27,32-43H,1,13-24H2,2-12H3/t26?,27-,32-,33-,34-,35+,36+,37-,38+,39?,40-,41+,42-,43-,44?,45-,46?,47+/m0/s1. The van der Waals surface area contributed by atoms with Crippen LogP contribution >= 0.6 is 19.8 Å². The molecule has 7 rings (SSSR count). The first-order valence-electron chi connectivity index (χ1n) is 22.7. The number of hydrogen-bond donors (Lipinski definition) is 0. The molecule has 0 spiro atoms. The maximum atomic E-state index is 12.6. The average molecular weight is 957 g/mol. The third-order valence-electron chi connectivity index (χ3n) is 16.9. The van der Waals surface area contributed by atoms with Gasteiger partial charge in [0, 0.05) is 34.1 Å². The number of hydrogen-bond acceptors (Lipinski definition) is 12. The van der Waals surface area contributed by atoms with E-state index in [1.165, 1.54) is 78.2 Å². The van der Waals surface area contributed by atoms with Crippen LogP contribution in [-0.2, 0) is 57.1 Å². The molecule has 0 aromatic rings. The SMILES string of the molecule is C=C(C)[C@@H]1CCC2(C)CC[C@]3(C)C(CC[C@H]4C3(C)CC[C@H]3C(C)[C@@H](O[C@@H]5OC[C@H](OC(C)=O)[C@H](OC(C)=O)[C@H]5O[C@@H]5O[C@@H](C)[C@H](OC(C)=O)C[C@H]5OC(C)=O)CC[C@@]34C)I12. The van der Waals surface area contributed by atoms with Crippen molar-refractivity contribution in [1.82, 2.24) is 0 Å². The van der Waals surface area contributed by atoms with Crippen molar-refractivity contribution in [2.45, 2.75) is 213 Å². The second-order valence-corrected chi connectivity index (χ2v) is 28.1. The molecule has 0 aromatic heterocycles. The van der Waals surface area contributed by atoms with Gasteiger partial charge in [0.15, 0.2) is 18.5 Å². The number of alkyl halides is 3. The van der Waals surface area contributed by atoms with Crippen LogP contribution in [0.2, 0.25) is 0 Å². The van der Waals surface area contributed by atoms with E-state index in [2.05, 4.69) is 48.1 Å².